The van der Waals surface area contributed by atoms with Crippen molar-refractivity contribution < 1.29 is 13.9 Å². The third-order valence-corrected chi connectivity index (χ3v) is 4.41. The van der Waals surface area contributed by atoms with Crippen LogP contribution in [0, 0.1) is 6.92 Å². The number of morpholine rings is 1. The molecule has 26 heavy (non-hydrogen) atoms. The molecule has 1 aliphatic rings. The van der Waals surface area contributed by atoms with E-state index in [0.717, 1.165) is 35.2 Å². The van der Waals surface area contributed by atoms with Gasteiger partial charge in [-0.2, -0.15) is 0 Å². The third-order valence-electron chi connectivity index (χ3n) is 4.41. The first-order valence-electron chi connectivity index (χ1n) is 8.67. The standard InChI is InChI=1S/C19H20N4O3/c1-13-20-11-19(26-13)15-6-14-7-16(21-10-18(14)22-9-15)8-17(24)12-23-2-4-25-5-3-23/h6-7,9-11H,2-5,8,12H2,1H3. The van der Waals surface area contributed by atoms with Gasteiger partial charge in [0.25, 0.3) is 0 Å². The second-order valence-corrected chi connectivity index (χ2v) is 6.44. The lowest BCUT2D eigenvalue weighted by Crippen LogP contribution is -2.39. The van der Waals surface area contributed by atoms with E-state index in [1.807, 2.05) is 12.1 Å². The largest absolute Gasteiger partial charge is 0.441 e. The molecule has 4 rings (SSSR count). The fraction of sp³-hybridized carbons (Fsp3) is 0.368. The highest BCUT2D eigenvalue weighted by atomic mass is 16.5. The summed E-state index contributed by atoms with van der Waals surface area (Å²) < 4.78 is 10.9. The van der Waals surface area contributed by atoms with E-state index in [2.05, 4.69) is 19.9 Å². The summed E-state index contributed by atoms with van der Waals surface area (Å²) in [7, 11) is 0. The van der Waals surface area contributed by atoms with Gasteiger partial charge in [-0.3, -0.25) is 19.7 Å². The average Bonchev–Trinajstić information content (AvgIpc) is 3.08. The van der Waals surface area contributed by atoms with E-state index in [4.69, 9.17) is 9.15 Å². The number of nitrogens with zero attached hydrogens (tertiary/aromatic N) is 4. The topological polar surface area (TPSA) is 81.4 Å². The van der Waals surface area contributed by atoms with Gasteiger partial charge in [-0.1, -0.05) is 0 Å². The second-order valence-electron chi connectivity index (χ2n) is 6.44. The molecule has 0 atom stereocenters. The Hall–Kier alpha value is -2.64. The van der Waals surface area contributed by atoms with Gasteiger partial charge in [0.2, 0.25) is 0 Å². The monoisotopic (exact) mass is 352 g/mol. The Bertz CT molecular complexity index is 931. The van der Waals surface area contributed by atoms with Crippen molar-refractivity contribution in [2.24, 2.45) is 0 Å². The molecular formula is C19H20N4O3. The van der Waals surface area contributed by atoms with Crippen molar-refractivity contribution in [1.82, 2.24) is 19.9 Å². The maximum Gasteiger partial charge on any atom is 0.191 e. The molecule has 7 nitrogen and oxygen atoms in total. The number of pyridine rings is 2. The van der Waals surface area contributed by atoms with Gasteiger partial charge < -0.3 is 9.15 Å². The Morgan fingerprint density at radius 2 is 1.96 bits per heavy atom. The molecule has 134 valence electrons. The molecule has 0 aromatic carbocycles. The first kappa shape index (κ1) is 16.8. The van der Waals surface area contributed by atoms with Crippen LogP contribution in [0.3, 0.4) is 0 Å². The van der Waals surface area contributed by atoms with Crippen LogP contribution in [0.1, 0.15) is 11.6 Å². The molecule has 0 aliphatic carbocycles. The van der Waals surface area contributed by atoms with Crippen LogP contribution in [0.2, 0.25) is 0 Å². The number of ether oxygens (including phenoxy) is 1. The molecule has 0 unspecified atom stereocenters. The Labute approximate surface area is 151 Å². The van der Waals surface area contributed by atoms with Crippen molar-refractivity contribution in [3.63, 3.8) is 0 Å². The van der Waals surface area contributed by atoms with Gasteiger partial charge >= 0.3 is 0 Å². The van der Waals surface area contributed by atoms with Crippen LogP contribution in [0.15, 0.2) is 35.1 Å². The quantitative estimate of drug-likeness (QED) is 0.695. The molecule has 0 saturated carbocycles. The zero-order valence-corrected chi connectivity index (χ0v) is 14.6. The summed E-state index contributed by atoms with van der Waals surface area (Å²) in [5.41, 5.74) is 2.40. The van der Waals surface area contributed by atoms with Crippen LogP contribution in [0.25, 0.3) is 22.2 Å². The highest BCUT2D eigenvalue weighted by Gasteiger charge is 2.15. The number of ketones is 1. The van der Waals surface area contributed by atoms with E-state index in [9.17, 15) is 4.79 Å². The molecule has 0 bridgehead atoms. The smallest absolute Gasteiger partial charge is 0.191 e. The summed E-state index contributed by atoms with van der Waals surface area (Å²) in [4.78, 5) is 27.4. The molecule has 3 aromatic heterocycles. The van der Waals surface area contributed by atoms with Crippen LogP contribution in [0.5, 0.6) is 0 Å². The summed E-state index contributed by atoms with van der Waals surface area (Å²) in [6.45, 7) is 5.24. The molecule has 1 saturated heterocycles. The van der Waals surface area contributed by atoms with E-state index in [1.54, 1.807) is 25.5 Å². The van der Waals surface area contributed by atoms with Gasteiger partial charge in [-0.15, -0.1) is 0 Å². The Morgan fingerprint density at radius 3 is 2.73 bits per heavy atom. The Kier molecular flexibility index (Phi) is 4.73. The van der Waals surface area contributed by atoms with Gasteiger partial charge in [-0.25, -0.2) is 4.98 Å². The molecule has 0 spiro atoms. The van der Waals surface area contributed by atoms with E-state index in [1.165, 1.54) is 0 Å². The van der Waals surface area contributed by atoms with Crippen molar-refractivity contribution >= 4 is 16.7 Å². The minimum atomic E-state index is 0.161. The molecule has 4 heterocycles. The van der Waals surface area contributed by atoms with Crippen LogP contribution in [-0.2, 0) is 16.0 Å². The number of hydrogen-bond donors (Lipinski definition) is 0. The zero-order valence-electron chi connectivity index (χ0n) is 14.6. The molecule has 0 amide bonds. The summed E-state index contributed by atoms with van der Waals surface area (Å²) >= 11 is 0. The molecular weight excluding hydrogens is 332 g/mol. The van der Waals surface area contributed by atoms with Crippen molar-refractivity contribution in [2.75, 3.05) is 32.8 Å². The number of rotatable bonds is 5. The molecule has 1 aliphatic heterocycles. The molecule has 0 radical (unpaired) electrons. The van der Waals surface area contributed by atoms with Crippen LogP contribution in [-0.4, -0.2) is 58.5 Å². The lowest BCUT2D eigenvalue weighted by molar-refractivity contribution is -0.120. The van der Waals surface area contributed by atoms with Crippen LogP contribution < -0.4 is 0 Å². The molecule has 1 fully saturated rings. The molecule has 0 N–H and O–H groups in total. The van der Waals surface area contributed by atoms with Gasteiger partial charge in [0.1, 0.15) is 0 Å². The van der Waals surface area contributed by atoms with Crippen molar-refractivity contribution in [2.45, 2.75) is 13.3 Å². The van der Waals surface area contributed by atoms with Crippen LogP contribution in [0.4, 0.5) is 0 Å². The van der Waals surface area contributed by atoms with E-state index in [-0.39, 0.29) is 5.78 Å². The SMILES string of the molecule is Cc1ncc(-c2cnc3cnc(CC(=O)CN4CCOCC4)cc3c2)o1. The maximum absolute atomic E-state index is 12.3. The van der Waals surface area contributed by atoms with E-state index < -0.39 is 0 Å². The maximum atomic E-state index is 12.3. The Balaban J connectivity index is 1.51. The minimum Gasteiger partial charge on any atom is -0.441 e. The predicted octanol–water partition coefficient (Wildman–Crippen LogP) is 2.04. The fourth-order valence-corrected chi connectivity index (χ4v) is 3.07. The highest BCUT2D eigenvalue weighted by molar-refractivity contribution is 5.85. The lowest BCUT2D eigenvalue weighted by atomic mass is 10.1. The number of oxazole rings is 1. The predicted molar refractivity (Wildman–Crippen MR) is 95.7 cm³/mol. The number of carbonyl (C=O) groups is 1. The second kappa shape index (κ2) is 7.31. The van der Waals surface area contributed by atoms with Gasteiger partial charge in [0, 0.05) is 42.9 Å². The summed E-state index contributed by atoms with van der Waals surface area (Å²) in [6.07, 6.45) is 5.46. The first-order valence-corrected chi connectivity index (χ1v) is 8.67. The number of fused-ring (bicyclic) bond motifs is 1. The fourth-order valence-electron chi connectivity index (χ4n) is 3.07. The third kappa shape index (κ3) is 3.79. The molecule has 7 heteroatoms. The minimum absolute atomic E-state index is 0.161. The van der Waals surface area contributed by atoms with Gasteiger partial charge in [0.15, 0.2) is 17.4 Å². The summed E-state index contributed by atoms with van der Waals surface area (Å²) in [5.74, 6) is 1.46. The number of Topliss-reactive ketones (excluding diaryl/α,β-unsaturated/α-hetero) is 1. The zero-order chi connectivity index (χ0) is 17.9. The highest BCUT2D eigenvalue weighted by Crippen LogP contribution is 2.23. The summed E-state index contributed by atoms with van der Waals surface area (Å²) in [5, 5.41) is 0.931. The van der Waals surface area contributed by atoms with E-state index >= 15 is 0 Å². The normalized spacial score (nSPS) is 15.4. The Morgan fingerprint density at radius 1 is 1.12 bits per heavy atom. The lowest BCUT2D eigenvalue weighted by Gasteiger charge is -2.25. The number of hydrogen-bond acceptors (Lipinski definition) is 7. The van der Waals surface area contributed by atoms with Crippen molar-refractivity contribution in [1.29, 1.82) is 0 Å². The van der Waals surface area contributed by atoms with Gasteiger partial charge in [-0.05, 0) is 12.1 Å². The molecule has 3 aromatic rings. The average molecular weight is 352 g/mol. The number of aryl methyl sites for hydroxylation is 1. The van der Waals surface area contributed by atoms with Crippen molar-refractivity contribution in [3.8, 4) is 11.3 Å². The van der Waals surface area contributed by atoms with Crippen LogP contribution >= 0.6 is 0 Å². The number of carbonyl (C=O) groups excluding carboxylic acids is 1. The van der Waals surface area contributed by atoms with Gasteiger partial charge in [0.05, 0.1) is 44.1 Å². The first-order chi connectivity index (χ1) is 12.7. The number of aromatic nitrogens is 3. The summed E-state index contributed by atoms with van der Waals surface area (Å²) in [6, 6.07) is 3.91. The van der Waals surface area contributed by atoms with Crippen molar-refractivity contribution in [3.05, 3.63) is 42.3 Å². The van der Waals surface area contributed by atoms with E-state index in [0.29, 0.717) is 37.8 Å².